The zero-order chi connectivity index (χ0) is 10.8. The van der Waals surface area contributed by atoms with Gasteiger partial charge in [-0.05, 0) is 37.9 Å². The second kappa shape index (κ2) is 8.12. The first-order valence-corrected chi connectivity index (χ1v) is 5.51. The fraction of sp³-hybridized carbons (Fsp3) is 0.500. The summed E-state index contributed by atoms with van der Waals surface area (Å²) in [5.41, 5.74) is 1.00. The van der Waals surface area contributed by atoms with Crippen LogP contribution < -0.4 is 5.32 Å². The van der Waals surface area contributed by atoms with E-state index < -0.39 is 0 Å². The van der Waals surface area contributed by atoms with Crippen LogP contribution in [0.2, 0.25) is 0 Å². The van der Waals surface area contributed by atoms with Crippen LogP contribution in [0.25, 0.3) is 0 Å². The molecule has 0 aliphatic heterocycles. The van der Waals surface area contributed by atoms with Crippen LogP contribution in [-0.4, -0.2) is 16.7 Å². The fourth-order valence-corrected chi connectivity index (χ4v) is 1.36. The van der Waals surface area contributed by atoms with E-state index in [4.69, 9.17) is 0 Å². The molecular weight excluding hydrogens is 186 g/mol. The highest BCUT2D eigenvalue weighted by molar-refractivity contribution is 4.98. The molecule has 3 nitrogen and oxygen atoms in total. The van der Waals surface area contributed by atoms with E-state index in [1.54, 1.807) is 6.20 Å². The summed E-state index contributed by atoms with van der Waals surface area (Å²) in [6.07, 6.45) is 8.53. The Morgan fingerprint density at radius 3 is 3.00 bits per heavy atom. The number of nitrogens with one attached hydrogen (secondary N) is 1. The van der Waals surface area contributed by atoms with E-state index in [1.165, 1.54) is 19.3 Å². The molecule has 0 aliphatic rings. The Morgan fingerprint density at radius 2 is 2.27 bits per heavy atom. The smallest absolute Gasteiger partial charge is 0.0768 e. The predicted molar refractivity (Wildman–Crippen MR) is 62.4 cm³/mol. The number of hydrogen-bond donors (Lipinski definition) is 1. The summed E-state index contributed by atoms with van der Waals surface area (Å²) in [6.45, 7) is 5.57. The Balaban J connectivity index is 1.95. The standard InChI is InChI=1S/C12H19N3/c1-2-3-4-5-6-9-13-11-12-8-7-10-14-15-12/h2,7-8,10,13H,1,3-6,9,11H2. The van der Waals surface area contributed by atoms with Crippen molar-refractivity contribution in [1.82, 2.24) is 15.5 Å². The first kappa shape index (κ1) is 11.9. The molecular formula is C12H19N3. The minimum Gasteiger partial charge on any atom is -0.311 e. The van der Waals surface area contributed by atoms with Crippen LogP contribution in [0.1, 0.15) is 31.4 Å². The summed E-state index contributed by atoms with van der Waals surface area (Å²) < 4.78 is 0. The minimum absolute atomic E-state index is 0.815. The van der Waals surface area contributed by atoms with Gasteiger partial charge in [0, 0.05) is 12.7 Å². The second-order valence-electron chi connectivity index (χ2n) is 3.53. The van der Waals surface area contributed by atoms with Gasteiger partial charge in [-0.25, -0.2) is 0 Å². The second-order valence-corrected chi connectivity index (χ2v) is 3.53. The molecule has 0 saturated carbocycles. The largest absolute Gasteiger partial charge is 0.311 e. The van der Waals surface area contributed by atoms with Gasteiger partial charge in [-0.1, -0.05) is 12.5 Å². The van der Waals surface area contributed by atoms with Crippen molar-refractivity contribution in [2.75, 3.05) is 6.54 Å². The lowest BCUT2D eigenvalue weighted by molar-refractivity contribution is 0.598. The number of rotatable bonds is 8. The van der Waals surface area contributed by atoms with Crippen LogP contribution in [-0.2, 0) is 6.54 Å². The first-order chi connectivity index (χ1) is 7.43. The minimum atomic E-state index is 0.815. The lowest BCUT2D eigenvalue weighted by atomic mass is 10.2. The molecule has 0 radical (unpaired) electrons. The molecule has 0 amide bonds. The molecule has 0 bridgehead atoms. The normalized spacial score (nSPS) is 10.1. The third-order valence-electron chi connectivity index (χ3n) is 2.20. The zero-order valence-electron chi connectivity index (χ0n) is 9.15. The molecule has 0 aromatic carbocycles. The number of unbranched alkanes of at least 4 members (excludes halogenated alkanes) is 3. The van der Waals surface area contributed by atoms with E-state index >= 15 is 0 Å². The monoisotopic (exact) mass is 205 g/mol. The Hall–Kier alpha value is -1.22. The molecule has 1 N–H and O–H groups in total. The van der Waals surface area contributed by atoms with E-state index in [0.29, 0.717) is 0 Å². The molecule has 1 aromatic heterocycles. The Morgan fingerprint density at radius 1 is 1.33 bits per heavy atom. The van der Waals surface area contributed by atoms with Crippen molar-refractivity contribution in [1.29, 1.82) is 0 Å². The first-order valence-electron chi connectivity index (χ1n) is 5.51. The average Bonchev–Trinajstić information content (AvgIpc) is 2.29. The van der Waals surface area contributed by atoms with E-state index in [9.17, 15) is 0 Å². The van der Waals surface area contributed by atoms with E-state index in [2.05, 4.69) is 22.1 Å². The predicted octanol–water partition coefficient (Wildman–Crippen LogP) is 2.31. The number of aromatic nitrogens is 2. The van der Waals surface area contributed by atoms with Gasteiger partial charge in [0.15, 0.2) is 0 Å². The topological polar surface area (TPSA) is 37.8 Å². The van der Waals surface area contributed by atoms with Crippen LogP contribution in [0, 0.1) is 0 Å². The van der Waals surface area contributed by atoms with Crippen molar-refractivity contribution >= 4 is 0 Å². The lowest BCUT2D eigenvalue weighted by Crippen LogP contribution is -2.15. The Kier molecular flexibility index (Phi) is 6.41. The molecule has 0 aliphatic carbocycles. The van der Waals surface area contributed by atoms with Crippen LogP contribution in [0.3, 0.4) is 0 Å². The summed E-state index contributed by atoms with van der Waals surface area (Å²) in [4.78, 5) is 0. The zero-order valence-corrected chi connectivity index (χ0v) is 9.15. The average molecular weight is 205 g/mol. The molecule has 1 aromatic rings. The van der Waals surface area contributed by atoms with Crippen molar-refractivity contribution in [2.45, 2.75) is 32.2 Å². The maximum atomic E-state index is 4.00. The highest BCUT2D eigenvalue weighted by Crippen LogP contribution is 1.99. The number of allylic oxidation sites excluding steroid dienone is 1. The molecule has 0 spiro atoms. The molecule has 0 unspecified atom stereocenters. The summed E-state index contributed by atoms with van der Waals surface area (Å²) in [7, 11) is 0. The Bertz CT molecular complexity index is 259. The van der Waals surface area contributed by atoms with Crippen molar-refractivity contribution < 1.29 is 0 Å². The molecule has 3 heteroatoms. The van der Waals surface area contributed by atoms with Gasteiger partial charge in [0.05, 0.1) is 5.69 Å². The molecule has 0 fully saturated rings. The van der Waals surface area contributed by atoms with Crippen molar-refractivity contribution in [2.24, 2.45) is 0 Å². The third kappa shape index (κ3) is 5.96. The summed E-state index contributed by atoms with van der Waals surface area (Å²) in [5, 5.41) is 11.2. The quantitative estimate of drug-likeness (QED) is 0.523. The van der Waals surface area contributed by atoms with Gasteiger partial charge in [0.25, 0.3) is 0 Å². The number of nitrogens with zero attached hydrogens (tertiary/aromatic N) is 2. The highest BCUT2D eigenvalue weighted by atomic mass is 15.1. The highest BCUT2D eigenvalue weighted by Gasteiger charge is 1.92. The van der Waals surface area contributed by atoms with Crippen LogP contribution >= 0.6 is 0 Å². The van der Waals surface area contributed by atoms with Gasteiger partial charge >= 0.3 is 0 Å². The molecule has 1 heterocycles. The van der Waals surface area contributed by atoms with Crippen LogP contribution in [0.5, 0.6) is 0 Å². The van der Waals surface area contributed by atoms with Gasteiger partial charge in [0.2, 0.25) is 0 Å². The van der Waals surface area contributed by atoms with Gasteiger partial charge in [-0.15, -0.1) is 6.58 Å². The van der Waals surface area contributed by atoms with Crippen LogP contribution in [0.4, 0.5) is 0 Å². The fourth-order valence-electron chi connectivity index (χ4n) is 1.36. The molecule has 82 valence electrons. The van der Waals surface area contributed by atoms with E-state index in [1.807, 2.05) is 18.2 Å². The summed E-state index contributed by atoms with van der Waals surface area (Å²) in [6, 6.07) is 3.89. The summed E-state index contributed by atoms with van der Waals surface area (Å²) in [5.74, 6) is 0. The Labute approximate surface area is 91.6 Å². The van der Waals surface area contributed by atoms with Gasteiger partial charge in [0.1, 0.15) is 0 Å². The van der Waals surface area contributed by atoms with Gasteiger partial charge < -0.3 is 5.32 Å². The molecule has 15 heavy (non-hydrogen) atoms. The van der Waals surface area contributed by atoms with Gasteiger partial charge in [-0.2, -0.15) is 10.2 Å². The van der Waals surface area contributed by atoms with Crippen molar-refractivity contribution in [3.63, 3.8) is 0 Å². The maximum absolute atomic E-state index is 4.00. The van der Waals surface area contributed by atoms with Crippen LogP contribution in [0.15, 0.2) is 31.0 Å². The molecule has 0 atom stereocenters. The molecule has 0 saturated heterocycles. The van der Waals surface area contributed by atoms with Crippen molar-refractivity contribution in [3.05, 3.63) is 36.7 Å². The number of hydrogen-bond acceptors (Lipinski definition) is 3. The third-order valence-corrected chi connectivity index (χ3v) is 2.20. The van der Waals surface area contributed by atoms with Gasteiger partial charge in [-0.3, -0.25) is 0 Å². The maximum Gasteiger partial charge on any atom is 0.0768 e. The SMILES string of the molecule is C=CCCCCCNCc1cccnn1. The summed E-state index contributed by atoms with van der Waals surface area (Å²) >= 11 is 0. The van der Waals surface area contributed by atoms with E-state index in [0.717, 1.165) is 25.2 Å². The van der Waals surface area contributed by atoms with E-state index in [-0.39, 0.29) is 0 Å². The van der Waals surface area contributed by atoms with Crippen molar-refractivity contribution in [3.8, 4) is 0 Å². The lowest BCUT2D eigenvalue weighted by Gasteiger charge is -2.02. The molecule has 1 rings (SSSR count).